The number of amides is 1. The molecule has 0 spiro atoms. The van der Waals surface area contributed by atoms with Crippen molar-refractivity contribution in [2.24, 2.45) is 0 Å². The number of nitrogens with zero attached hydrogens (tertiary/aromatic N) is 2. The highest BCUT2D eigenvalue weighted by Gasteiger charge is 2.25. The Morgan fingerprint density at radius 2 is 2.29 bits per heavy atom. The lowest BCUT2D eigenvalue weighted by molar-refractivity contribution is 0.167. The molecule has 0 bridgehead atoms. The van der Waals surface area contributed by atoms with Crippen molar-refractivity contribution in [3.63, 3.8) is 0 Å². The Hall–Kier alpha value is -2.18. The van der Waals surface area contributed by atoms with Crippen LogP contribution in [-0.4, -0.2) is 43.4 Å². The third-order valence-corrected chi connectivity index (χ3v) is 3.24. The first-order chi connectivity index (χ1) is 9.99. The number of nitrogen functional groups attached to an aromatic ring is 1. The van der Waals surface area contributed by atoms with Crippen LogP contribution in [0.3, 0.4) is 0 Å². The Morgan fingerprint density at radius 1 is 1.52 bits per heavy atom. The predicted octanol–water partition coefficient (Wildman–Crippen LogP) is 1.39. The first-order valence-corrected chi connectivity index (χ1v) is 7.02. The van der Waals surface area contributed by atoms with Crippen LogP contribution in [-0.2, 0) is 4.74 Å². The quantitative estimate of drug-likeness (QED) is 0.872. The molecule has 7 nitrogen and oxygen atoms in total. The normalized spacial score (nSPS) is 17.9. The number of nitrogens with two attached hydrogens (primary N) is 1. The lowest BCUT2D eigenvalue weighted by Gasteiger charge is -2.19. The van der Waals surface area contributed by atoms with E-state index in [0.29, 0.717) is 18.1 Å². The van der Waals surface area contributed by atoms with Crippen molar-refractivity contribution in [1.29, 1.82) is 0 Å². The molecule has 1 aromatic heterocycles. The van der Waals surface area contributed by atoms with E-state index in [0.717, 1.165) is 18.8 Å². The van der Waals surface area contributed by atoms with Gasteiger partial charge in [0.05, 0.1) is 24.9 Å². The van der Waals surface area contributed by atoms with Gasteiger partial charge < -0.3 is 25.4 Å². The summed E-state index contributed by atoms with van der Waals surface area (Å²) in [6.45, 7) is 5.36. The lowest BCUT2D eigenvalue weighted by Crippen LogP contribution is -2.37. The number of hydrogen-bond acceptors (Lipinski definition) is 6. The Morgan fingerprint density at radius 3 is 2.95 bits per heavy atom. The van der Waals surface area contributed by atoms with E-state index in [1.807, 2.05) is 19.9 Å². The zero-order valence-corrected chi connectivity index (χ0v) is 12.6. The minimum absolute atomic E-state index is 0.0161. The molecule has 0 radical (unpaired) electrons. The number of aromatic nitrogens is 1. The molecule has 0 aromatic carbocycles. The Labute approximate surface area is 124 Å². The predicted molar refractivity (Wildman–Crippen MR) is 80.6 cm³/mol. The Balaban J connectivity index is 2.04. The first-order valence-electron chi connectivity index (χ1n) is 7.02. The van der Waals surface area contributed by atoms with Crippen LogP contribution in [0.2, 0.25) is 0 Å². The third-order valence-electron chi connectivity index (χ3n) is 3.24. The summed E-state index contributed by atoms with van der Waals surface area (Å²) in [4.78, 5) is 17.8. The molecule has 3 N–H and O–H groups in total. The molecule has 2 heterocycles. The minimum Gasteiger partial charge on any atom is -0.473 e. The van der Waals surface area contributed by atoms with E-state index >= 15 is 0 Å². The van der Waals surface area contributed by atoms with Crippen LogP contribution in [0.15, 0.2) is 12.1 Å². The van der Waals surface area contributed by atoms with E-state index in [-0.39, 0.29) is 12.1 Å². The maximum atomic E-state index is 11.2. The summed E-state index contributed by atoms with van der Waals surface area (Å²) in [7, 11) is 1.36. The molecule has 21 heavy (non-hydrogen) atoms. The summed E-state index contributed by atoms with van der Waals surface area (Å²) in [6.07, 6.45) is 0.458. The second kappa shape index (κ2) is 6.51. The molecular weight excluding hydrogens is 272 g/mol. The van der Waals surface area contributed by atoms with E-state index < -0.39 is 6.09 Å². The molecular formula is C14H22N4O3. The highest BCUT2D eigenvalue weighted by atomic mass is 16.5. The largest absolute Gasteiger partial charge is 0.473 e. The van der Waals surface area contributed by atoms with Crippen molar-refractivity contribution in [2.45, 2.75) is 32.4 Å². The number of carbonyl (C=O) groups is 1. The van der Waals surface area contributed by atoms with Crippen LogP contribution < -0.4 is 20.7 Å². The number of methoxy groups -OCH3 is 1. The van der Waals surface area contributed by atoms with Crippen molar-refractivity contribution in [2.75, 3.05) is 30.8 Å². The van der Waals surface area contributed by atoms with Gasteiger partial charge in [0.2, 0.25) is 5.88 Å². The Kier molecular flexibility index (Phi) is 4.72. The van der Waals surface area contributed by atoms with E-state index in [2.05, 4.69) is 19.9 Å². The second-order valence-corrected chi connectivity index (χ2v) is 5.30. The highest BCUT2D eigenvalue weighted by molar-refractivity contribution is 5.67. The number of pyridine rings is 1. The van der Waals surface area contributed by atoms with Gasteiger partial charge in [-0.2, -0.15) is 4.98 Å². The summed E-state index contributed by atoms with van der Waals surface area (Å²) in [6, 6.07) is 3.72. The van der Waals surface area contributed by atoms with E-state index in [9.17, 15) is 4.79 Å². The molecule has 0 saturated carbocycles. The van der Waals surface area contributed by atoms with Crippen molar-refractivity contribution in [1.82, 2.24) is 10.3 Å². The van der Waals surface area contributed by atoms with Crippen LogP contribution in [0.1, 0.15) is 20.3 Å². The molecule has 1 atom stereocenters. The van der Waals surface area contributed by atoms with Gasteiger partial charge in [0.15, 0.2) is 0 Å². The van der Waals surface area contributed by atoms with Gasteiger partial charge in [0.25, 0.3) is 0 Å². The molecule has 1 unspecified atom stereocenters. The highest BCUT2D eigenvalue weighted by Crippen LogP contribution is 2.26. The van der Waals surface area contributed by atoms with Gasteiger partial charge in [-0.15, -0.1) is 0 Å². The van der Waals surface area contributed by atoms with Gasteiger partial charge in [0.1, 0.15) is 5.82 Å². The summed E-state index contributed by atoms with van der Waals surface area (Å²) in [5.41, 5.74) is 6.39. The summed E-state index contributed by atoms with van der Waals surface area (Å²) >= 11 is 0. The summed E-state index contributed by atoms with van der Waals surface area (Å²) < 4.78 is 10.2. The van der Waals surface area contributed by atoms with Crippen molar-refractivity contribution >= 4 is 17.6 Å². The number of rotatable bonds is 4. The smallest absolute Gasteiger partial charge is 0.407 e. The molecule has 1 amide bonds. The van der Waals surface area contributed by atoms with E-state index in [1.165, 1.54) is 7.11 Å². The fraction of sp³-hybridized carbons (Fsp3) is 0.571. The maximum absolute atomic E-state index is 11.2. The molecule has 116 valence electrons. The molecule has 1 aromatic rings. The molecule has 2 rings (SSSR count). The van der Waals surface area contributed by atoms with Crippen LogP contribution in [0.25, 0.3) is 0 Å². The van der Waals surface area contributed by atoms with Crippen molar-refractivity contribution < 1.29 is 14.3 Å². The van der Waals surface area contributed by atoms with Crippen molar-refractivity contribution in [3.8, 4) is 5.88 Å². The number of hydrogen-bond donors (Lipinski definition) is 2. The zero-order chi connectivity index (χ0) is 15.4. The topological polar surface area (TPSA) is 89.7 Å². The van der Waals surface area contributed by atoms with Gasteiger partial charge >= 0.3 is 6.09 Å². The number of alkyl carbamates (subject to hydrolysis) is 1. The van der Waals surface area contributed by atoms with Gasteiger partial charge in [-0.1, -0.05) is 0 Å². The average Bonchev–Trinajstić information content (AvgIpc) is 2.89. The fourth-order valence-electron chi connectivity index (χ4n) is 2.25. The first kappa shape index (κ1) is 15.2. The van der Waals surface area contributed by atoms with E-state index in [4.69, 9.17) is 10.5 Å². The number of carbonyl (C=O) groups excluding carboxylic acids is 1. The zero-order valence-electron chi connectivity index (χ0n) is 12.6. The van der Waals surface area contributed by atoms with Crippen molar-refractivity contribution in [3.05, 3.63) is 12.1 Å². The molecule has 1 saturated heterocycles. The lowest BCUT2D eigenvalue weighted by atomic mass is 10.3. The van der Waals surface area contributed by atoms with Crippen LogP contribution >= 0.6 is 0 Å². The third kappa shape index (κ3) is 3.90. The van der Waals surface area contributed by atoms with Crippen LogP contribution in [0.4, 0.5) is 16.3 Å². The van der Waals surface area contributed by atoms with Gasteiger partial charge in [0, 0.05) is 13.1 Å². The maximum Gasteiger partial charge on any atom is 0.407 e. The number of nitrogens with one attached hydrogen (secondary N) is 1. The molecule has 0 aliphatic carbocycles. The van der Waals surface area contributed by atoms with Crippen LogP contribution in [0.5, 0.6) is 5.88 Å². The number of ether oxygens (including phenoxy) is 2. The second-order valence-electron chi connectivity index (χ2n) is 5.30. The van der Waals surface area contributed by atoms with Gasteiger partial charge in [-0.25, -0.2) is 4.79 Å². The van der Waals surface area contributed by atoms with Gasteiger partial charge in [-0.3, -0.25) is 0 Å². The fourth-order valence-corrected chi connectivity index (χ4v) is 2.25. The van der Waals surface area contributed by atoms with E-state index in [1.54, 1.807) is 6.07 Å². The SMILES string of the molecule is COC(=O)NC1CCN(c2ccc(N)c(OC(C)C)n2)C1. The summed E-state index contributed by atoms with van der Waals surface area (Å²) in [5.74, 6) is 1.25. The molecule has 1 aliphatic rings. The summed E-state index contributed by atoms with van der Waals surface area (Å²) in [5, 5.41) is 2.80. The molecule has 1 aliphatic heterocycles. The monoisotopic (exact) mass is 294 g/mol. The minimum atomic E-state index is -0.407. The number of anilines is 2. The van der Waals surface area contributed by atoms with Gasteiger partial charge in [-0.05, 0) is 32.4 Å². The van der Waals surface area contributed by atoms with Crippen LogP contribution in [0, 0.1) is 0 Å². The average molecular weight is 294 g/mol. The molecule has 1 fully saturated rings. The Bertz CT molecular complexity index is 507. The standard InChI is InChI=1S/C14H22N4O3/c1-9(2)21-13-11(15)4-5-12(17-13)18-7-6-10(8-18)16-14(19)20-3/h4-5,9-10H,6-8,15H2,1-3H3,(H,16,19). The molecule has 7 heteroatoms.